The highest BCUT2D eigenvalue weighted by molar-refractivity contribution is 7.86. The number of aromatic nitrogens is 2. The summed E-state index contributed by atoms with van der Waals surface area (Å²) in [5.74, 6) is 0.242. The van der Waals surface area contributed by atoms with Crippen LogP contribution < -0.4 is 0 Å². The molecule has 0 aromatic carbocycles. The fraction of sp³-hybridized carbons (Fsp3) is 0.800. The minimum atomic E-state index is -3.46. The molecule has 1 aromatic heterocycles. The van der Waals surface area contributed by atoms with E-state index in [1.165, 1.54) is 17.8 Å². The summed E-state index contributed by atoms with van der Waals surface area (Å²) in [6, 6.07) is 0. The first-order valence-electron chi connectivity index (χ1n) is 5.70. The predicted molar refractivity (Wildman–Crippen MR) is 65.2 cm³/mol. The third-order valence-electron chi connectivity index (χ3n) is 2.98. The maximum Gasteiger partial charge on any atom is 0.265 e. The van der Waals surface area contributed by atoms with Crippen molar-refractivity contribution in [3.8, 4) is 0 Å². The van der Waals surface area contributed by atoms with E-state index in [9.17, 15) is 8.42 Å². The zero-order valence-corrected chi connectivity index (χ0v) is 11.3. The van der Waals surface area contributed by atoms with Crippen LogP contribution in [0.15, 0.2) is 5.51 Å². The van der Waals surface area contributed by atoms with Gasteiger partial charge in [-0.25, -0.2) is 0 Å². The summed E-state index contributed by atoms with van der Waals surface area (Å²) in [7, 11) is -3.46. The molecule has 1 aliphatic rings. The van der Waals surface area contributed by atoms with E-state index in [1.54, 1.807) is 5.51 Å². The summed E-state index contributed by atoms with van der Waals surface area (Å²) in [5, 5.41) is 8.39. The zero-order chi connectivity index (χ0) is 12.3. The number of hydrogen-bond donors (Lipinski definition) is 0. The Morgan fingerprint density at radius 1 is 1.41 bits per heavy atom. The lowest BCUT2D eigenvalue weighted by Crippen LogP contribution is -2.21. The predicted octanol–water partition coefficient (Wildman–Crippen LogP) is 2.14. The Morgan fingerprint density at radius 2 is 2.12 bits per heavy atom. The number of rotatable bonds is 4. The first kappa shape index (κ1) is 12.9. The van der Waals surface area contributed by atoms with Gasteiger partial charge in [-0.05, 0) is 18.8 Å². The summed E-state index contributed by atoms with van der Waals surface area (Å²) in [6.45, 7) is 0. The Kier molecular flexibility index (Phi) is 4.11. The van der Waals surface area contributed by atoms with Gasteiger partial charge < -0.3 is 0 Å². The molecule has 0 bridgehead atoms. The van der Waals surface area contributed by atoms with E-state index in [-0.39, 0.29) is 5.92 Å². The normalized spacial score (nSPS) is 20.3. The van der Waals surface area contributed by atoms with Crippen LogP contribution in [0, 0.1) is 5.92 Å². The van der Waals surface area contributed by atoms with E-state index in [4.69, 9.17) is 4.18 Å². The van der Waals surface area contributed by atoms with Crippen molar-refractivity contribution in [1.29, 1.82) is 0 Å². The van der Waals surface area contributed by atoms with Crippen LogP contribution in [-0.4, -0.2) is 24.9 Å². The van der Waals surface area contributed by atoms with Crippen LogP contribution in [0.5, 0.6) is 0 Å². The van der Waals surface area contributed by atoms with Crippen molar-refractivity contribution in [3.05, 3.63) is 10.5 Å². The number of hydrogen-bond acceptors (Lipinski definition) is 6. The van der Waals surface area contributed by atoms with Gasteiger partial charge in [0.2, 0.25) is 0 Å². The van der Waals surface area contributed by atoms with E-state index in [0.717, 1.165) is 31.9 Å². The van der Waals surface area contributed by atoms with Gasteiger partial charge in [0.05, 0.1) is 6.26 Å². The van der Waals surface area contributed by atoms with Gasteiger partial charge in [-0.15, -0.1) is 21.5 Å². The van der Waals surface area contributed by atoms with Gasteiger partial charge in [0, 0.05) is 0 Å². The van der Waals surface area contributed by atoms with Crippen molar-refractivity contribution in [2.24, 2.45) is 5.92 Å². The van der Waals surface area contributed by atoms with Crippen LogP contribution in [0.2, 0.25) is 0 Å². The van der Waals surface area contributed by atoms with E-state index < -0.39 is 16.2 Å². The maximum absolute atomic E-state index is 11.3. The molecule has 5 nitrogen and oxygen atoms in total. The molecule has 1 aromatic rings. The van der Waals surface area contributed by atoms with Crippen molar-refractivity contribution < 1.29 is 12.6 Å². The molecule has 0 aliphatic heterocycles. The summed E-state index contributed by atoms with van der Waals surface area (Å²) in [6.07, 6.45) is 6.12. The molecular weight excluding hydrogens is 260 g/mol. The van der Waals surface area contributed by atoms with Gasteiger partial charge in [0.15, 0.2) is 0 Å². The lowest BCUT2D eigenvalue weighted by Gasteiger charge is -2.27. The molecule has 0 radical (unpaired) electrons. The second kappa shape index (κ2) is 5.41. The molecule has 0 spiro atoms. The highest BCUT2D eigenvalue weighted by Gasteiger charge is 2.31. The first-order valence-corrected chi connectivity index (χ1v) is 8.40. The van der Waals surface area contributed by atoms with E-state index in [2.05, 4.69) is 10.2 Å². The molecule has 0 amide bonds. The average molecular weight is 276 g/mol. The van der Waals surface area contributed by atoms with Gasteiger partial charge in [-0.1, -0.05) is 19.3 Å². The molecule has 17 heavy (non-hydrogen) atoms. The van der Waals surface area contributed by atoms with E-state index in [1.807, 2.05) is 0 Å². The maximum atomic E-state index is 11.3. The molecule has 0 saturated heterocycles. The Balaban J connectivity index is 2.17. The minimum Gasteiger partial charge on any atom is -0.259 e. The second-order valence-electron chi connectivity index (χ2n) is 4.40. The highest BCUT2D eigenvalue weighted by Crippen LogP contribution is 2.38. The fourth-order valence-corrected chi connectivity index (χ4v) is 3.61. The zero-order valence-electron chi connectivity index (χ0n) is 9.70. The van der Waals surface area contributed by atoms with Crippen LogP contribution >= 0.6 is 11.3 Å². The molecule has 1 saturated carbocycles. The summed E-state index contributed by atoms with van der Waals surface area (Å²) in [5.41, 5.74) is 1.61. The molecule has 0 N–H and O–H groups in total. The molecule has 1 aliphatic carbocycles. The third kappa shape index (κ3) is 3.72. The quantitative estimate of drug-likeness (QED) is 0.788. The summed E-state index contributed by atoms with van der Waals surface area (Å²) >= 11 is 1.35. The van der Waals surface area contributed by atoms with Gasteiger partial charge in [0.1, 0.15) is 16.6 Å². The molecular formula is C10H16N2O3S2. The Hall–Kier alpha value is -0.530. The van der Waals surface area contributed by atoms with Crippen LogP contribution in [-0.2, 0) is 14.3 Å². The monoisotopic (exact) mass is 276 g/mol. The van der Waals surface area contributed by atoms with Crippen molar-refractivity contribution >= 4 is 21.5 Å². The van der Waals surface area contributed by atoms with Crippen molar-refractivity contribution in [1.82, 2.24) is 10.2 Å². The first-order chi connectivity index (χ1) is 8.06. The van der Waals surface area contributed by atoms with Crippen LogP contribution in [0.1, 0.15) is 43.2 Å². The van der Waals surface area contributed by atoms with Crippen LogP contribution in [0.3, 0.4) is 0 Å². The van der Waals surface area contributed by atoms with Gasteiger partial charge in [-0.2, -0.15) is 8.42 Å². The van der Waals surface area contributed by atoms with E-state index in [0.29, 0.717) is 5.01 Å². The van der Waals surface area contributed by atoms with Crippen LogP contribution in [0.25, 0.3) is 0 Å². The minimum absolute atomic E-state index is 0.242. The second-order valence-corrected chi connectivity index (χ2v) is 6.86. The van der Waals surface area contributed by atoms with Crippen molar-refractivity contribution in [3.63, 3.8) is 0 Å². The number of nitrogens with zero attached hydrogens (tertiary/aromatic N) is 2. The standard InChI is InChI=1S/C10H16N2O3S2/c1-17(13,14)15-9(10-12-11-7-16-10)8-5-3-2-4-6-8/h7-9H,2-6H2,1H3. The van der Waals surface area contributed by atoms with Crippen LogP contribution in [0.4, 0.5) is 0 Å². The third-order valence-corrected chi connectivity index (χ3v) is 4.29. The molecule has 96 valence electrons. The molecule has 1 heterocycles. The topological polar surface area (TPSA) is 69.2 Å². The Morgan fingerprint density at radius 3 is 2.65 bits per heavy atom. The van der Waals surface area contributed by atoms with Gasteiger partial charge >= 0.3 is 0 Å². The largest absolute Gasteiger partial charge is 0.265 e. The smallest absolute Gasteiger partial charge is 0.259 e. The van der Waals surface area contributed by atoms with E-state index >= 15 is 0 Å². The molecule has 2 rings (SSSR count). The van der Waals surface area contributed by atoms with Crippen molar-refractivity contribution in [2.45, 2.75) is 38.2 Å². The lowest BCUT2D eigenvalue weighted by molar-refractivity contribution is 0.115. The molecule has 1 unspecified atom stereocenters. The molecule has 1 atom stereocenters. The van der Waals surface area contributed by atoms with Gasteiger partial charge in [0.25, 0.3) is 10.1 Å². The highest BCUT2D eigenvalue weighted by atomic mass is 32.2. The van der Waals surface area contributed by atoms with Gasteiger partial charge in [-0.3, -0.25) is 4.18 Å². The summed E-state index contributed by atoms with van der Waals surface area (Å²) < 4.78 is 27.8. The average Bonchev–Trinajstić information content (AvgIpc) is 2.79. The molecule has 1 fully saturated rings. The lowest BCUT2D eigenvalue weighted by atomic mass is 9.85. The Labute approximate surface area is 105 Å². The molecule has 7 heteroatoms. The Bertz CT molecular complexity index is 438. The fourth-order valence-electron chi connectivity index (χ4n) is 2.25. The SMILES string of the molecule is CS(=O)(=O)OC(c1nncs1)C1CCCCC1. The summed E-state index contributed by atoms with van der Waals surface area (Å²) in [4.78, 5) is 0. The van der Waals surface area contributed by atoms with Crippen molar-refractivity contribution in [2.75, 3.05) is 6.26 Å².